The number of phenols is 1. The van der Waals surface area contributed by atoms with Gasteiger partial charge in [-0.15, -0.1) is 0 Å². The average molecular weight is 966 g/mol. The average Bonchev–Trinajstić information content (AvgIpc) is 3.28. The predicted octanol–water partition coefficient (Wildman–Crippen LogP) is 2.50. The van der Waals surface area contributed by atoms with Crippen LogP contribution in [-0.2, 0) is 50.0 Å². The Kier molecular flexibility index (Phi) is 32.8. The Morgan fingerprint density at radius 1 is 0.567 bits per heavy atom. The van der Waals surface area contributed by atoms with Crippen LogP contribution >= 0.6 is 0 Å². The second-order valence-corrected chi connectivity index (χ2v) is 19.3. The van der Waals surface area contributed by atoms with E-state index in [1.807, 2.05) is 0 Å². The van der Waals surface area contributed by atoms with Crippen molar-refractivity contribution in [2.45, 2.75) is 186 Å². The Hall–Kier alpha value is -4.66. The lowest BCUT2D eigenvalue weighted by Gasteiger charge is -2.26. The number of phenolic OH excluding ortho intramolecular Hbond substituents is 1. The van der Waals surface area contributed by atoms with Gasteiger partial charge in [0, 0.05) is 12.8 Å². The summed E-state index contributed by atoms with van der Waals surface area (Å²) in [6, 6.07) is 1.03. The first-order chi connectivity index (χ1) is 32.0. The van der Waals surface area contributed by atoms with Crippen molar-refractivity contribution in [3.63, 3.8) is 0 Å². The van der Waals surface area contributed by atoms with Crippen LogP contribution in [-0.4, -0.2) is 111 Å². The molecule has 0 saturated carbocycles. The third-order valence-corrected chi connectivity index (χ3v) is 12.7. The van der Waals surface area contributed by atoms with Gasteiger partial charge in [-0.2, -0.15) is 0 Å². The fraction of sp³-hybridized carbons (Fsp3) is 0.723. The molecule has 19 nitrogen and oxygen atoms in total. The van der Waals surface area contributed by atoms with Crippen LogP contribution in [0.1, 0.15) is 161 Å². The molecule has 0 aliphatic rings. The number of nitrogens with two attached hydrogens (primary N) is 3. The number of hydrogen-bond acceptors (Lipinski definition) is 12. The number of hydrogen-bond donors (Lipinski definition) is 10. The van der Waals surface area contributed by atoms with E-state index in [1.165, 1.54) is 89.0 Å². The first-order valence-corrected chi connectivity index (χ1v) is 26.1. The zero-order valence-electron chi connectivity index (χ0n) is 40.2. The van der Waals surface area contributed by atoms with E-state index < -0.39 is 82.7 Å². The van der Waals surface area contributed by atoms with E-state index in [9.17, 15) is 47.1 Å². The molecule has 0 unspecified atom stereocenters. The number of unbranched alkanes of at least 4 members (excludes halogenated alkanes) is 15. The lowest BCUT2D eigenvalue weighted by molar-refractivity contribution is -0.134. The van der Waals surface area contributed by atoms with Gasteiger partial charge in [-0.1, -0.05) is 103 Å². The first kappa shape index (κ1) is 60.4. The van der Waals surface area contributed by atoms with Crippen molar-refractivity contribution in [1.82, 2.24) is 31.3 Å². The molecule has 0 aromatic heterocycles. The molecule has 4 atom stereocenters. The van der Waals surface area contributed by atoms with Gasteiger partial charge in [-0.05, 0) is 89.1 Å². The van der Waals surface area contributed by atoms with E-state index in [0.29, 0.717) is 57.2 Å². The summed E-state index contributed by atoms with van der Waals surface area (Å²) in [4.78, 5) is 91.2. The molecule has 0 saturated heterocycles. The zero-order valence-corrected chi connectivity index (χ0v) is 41.0. The standard InChI is InChI=1S/C47H83N9O10S/c1-3-4-5-6-7-8-9-10-11-12-13-14-15-20-31-67(65,66)52-34-43(60)51-33-44(61)53-41(32-36-23-25-37(58)26-24-36)47(64)56-40(27-28-42(50)59)46(63)55-39(22-17-19-30-49)45(62)54-38(35(2)57)21-16-18-29-48/h23-26,38-41,52,58H,3-22,27-34,48-49H2,1-2H3,(H2,50,59)(H,51,60)(H,53,61)(H,54,62)(H,55,63)(H,56,64)/t38-,39-,40-,41-/m0/s1. The van der Waals surface area contributed by atoms with Crippen molar-refractivity contribution in [3.8, 4) is 5.75 Å². The van der Waals surface area contributed by atoms with Crippen molar-refractivity contribution in [2.75, 3.05) is 31.9 Å². The van der Waals surface area contributed by atoms with Gasteiger partial charge in [0.05, 0.1) is 24.9 Å². The number of ketones is 1. The largest absolute Gasteiger partial charge is 0.508 e. The maximum absolute atomic E-state index is 13.9. The highest BCUT2D eigenvalue weighted by Gasteiger charge is 2.31. The van der Waals surface area contributed by atoms with Crippen molar-refractivity contribution in [1.29, 1.82) is 0 Å². The van der Waals surface area contributed by atoms with Crippen molar-refractivity contribution in [3.05, 3.63) is 29.8 Å². The number of Topliss-reactive ketones (excluding diaryl/α,β-unsaturated/α-hetero) is 1. The molecule has 0 fully saturated rings. The van der Waals surface area contributed by atoms with Gasteiger partial charge in [0.25, 0.3) is 0 Å². The predicted molar refractivity (Wildman–Crippen MR) is 260 cm³/mol. The van der Waals surface area contributed by atoms with Gasteiger partial charge >= 0.3 is 0 Å². The SMILES string of the molecule is CCCCCCCCCCCCCCCCS(=O)(=O)NCC(=O)NCC(=O)N[C@@H](Cc1ccc(O)cc1)C(=O)N[C@@H](CCC(N)=O)C(=O)N[C@@H](CCCCN)C(=O)N[C@@H](CCCCN)C(C)=O. The maximum Gasteiger partial charge on any atom is 0.243 e. The number of carbonyl (C=O) groups is 7. The molecule has 1 rings (SSSR count). The minimum absolute atomic E-state index is 0.0508. The monoisotopic (exact) mass is 966 g/mol. The Morgan fingerprint density at radius 2 is 1.03 bits per heavy atom. The van der Waals surface area contributed by atoms with Gasteiger partial charge in [-0.3, -0.25) is 33.6 Å². The number of benzene rings is 1. The van der Waals surface area contributed by atoms with Crippen LogP contribution in [0.2, 0.25) is 0 Å². The van der Waals surface area contributed by atoms with E-state index >= 15 is 0 Å². The molecule has 6 amide bonds. The van der Waals surface area contributed by atoms with E-state index in [4.69, 9.17) is 17.2 Å². The molecule has 20 heteroatoms. The summed E-state index contributed by atoms with van der Waals surface area (Å²) in [5, 5.41) is 22.6. The number of aromatic hydroxyl groups is 1. The minimum Gasteiger partial charge on any atom is -0.508 e. The normalized spacial score (nSPS) is 13.1. The minimum atomic E-state index is -3.75. The number of sulfonamides is 1. The van der Waals surface area contributed by atoms with Crippen LogP contribution in [0.25, 0.3) is 0 Å². The lowest BCUT2D eigenvalue weighted by Crippen LogP contribution is -2.58. The van der Waals surface area contributed by atoms with Crippen molar-refractivity contribution in [2.24, 2.45) is 17.2 Å². The van der Waals surface area contributed by atoms with Crippen LogP contribution in [0.4, 0.5) is 0 Å². The third kappa shape index (κ3) is 30.4. The summed E-state index contributed by atoms with van der Waals surface area (Å²) in [6.07, 6.45) is 17.8. The first-order valence-electron chi connectivity index (χ1n) is 24.4. The number of amides is 6. The quantitative estimate of drug-likeness (QED) is 0.0424. The molecule has 382 valence electrons. The molecule has 1 aromatic rings. The van der Waals surface area contributed by atoms with Gasteiger partial charge in [0.15, 0.2) is 5.78 Å². The van der Waals surface area contributed by atoms with Crippen LogP contribution < -0.4 is 48.5 Å². The highest BCUT2D eigenvalue weighted by molar-refractivity contribution is 7.89. The molecular weight excluding hydrogens is 883 g/mol. The number of carbonyl (C=O) groups excluding carboxylic acids is 7. The zero-order chi connectivity index (χ0) is 49.9. The fourth-order valence-corrected chi connectivity index (χ4v) is 8.38. The molecule has 0 heterocycles. The number of primary amides is 1. The molecule has 0 aliphatic carbocycles. The number of rotatable bonds is 41. The Morgan fingerprint density at radius 3 is 1.52 bits per heavy atom. The molecule has 0 spiro atoms. The fourth-order valence-electron chi connectivity index (χ4n) is 7.30. The van der Waals surface area contributed by atoms with Gasteiger partial charge in [0.2, 0.25) is 45.5 Å². The second-order valence-electron chi connectivity index (χ2n) is 17.4. The van der Waals surface area contributed by atoms with Crippen LogP contribution in [0.5, 0.6) is 5.75 Å². The smallest absolute Gasteiger partial charge is 0.243 e. The highest BCUT2D eigenvalue weighted by atomic mass is 32.2. The van der Waals surface area contributed by atoms with Gasteiger partial charge < -0.3 is 48.9 Å². The van der Waals surface area contributed by atoms with Crippen LogP contribution in [0.15, 0.2) is 24.3 Å². The third-order valence-electron chi connectivity index (χ3n) is 11.3. The molecule has 0 radical (unpaired) electrons. The molecular formula is C47H83N9O10S. The number of nitrogens with one attached hydrogen (secondary N) is 6. The molecule has 1 aromatic carbocycles. The van der Waals surface area contributed by atoms with Crippen LogP contribution in [0.3, 0.4) is 0 Å². The summed E-state index contributed by atoms with van der Waals surface area (Å²) < 4.78 is 27.4. The highest BCUT2D eigenvalue weighted by Crippen LogP contribution is 2.15. The molecule has 13 N–H and O–H groups in total. The summed E-state index contributed by atoms with van der Waals surface area (Å²) in [7, 11) is -3.75. The van der Waals surface area contributed by atoms with Crippen molar-refractivity contribution >= 4 is 51.2 Å². The molecule has 0 aliphatic heterocycles. The van der Waals surface area contributed by atoms with Gasteiger partial charge in [0.1, 0.15) is 23.9 Å². The molecule has 67 heavy (non-hydrogen) atoms. The van der Waals surface area contributed by atoms with Gasteiger partial charge in [-0.25, -0.2) is 13.1 Å². The maximum atomic E-state index is 13.9. The Labute approximate surface area is 398 Å². The summed E-state index contributed by atoms with van der Waals surface area (Å²) in [6.45, 7) is 3.08. The summed E-state index contributed by atoms with van der Waals surface area (Å²) in [5.74, 6) is -5.16. The Bertz CT molecular complexity index is 1730. The second kappa shape index (κ2) is 36.4. The van der Waals surface area contributed by atoms with Crippen molar-refractivity contribution < 1.29 is 47.1 Å². The van der Waals surface area contributed by atoms with E-state index in [0.717, 1.165) is 25.7 Å². The topological polar surface area (TPSA) is 324 Å². The molecule has 0 bridgehead atoms. The summed E-state index contributed by atoms with van der Waals surface area (Å²) >= 11 is 0. The van der Waals surface area contributed by atoms with Crippen LogP contribution in [0, 0.1) is 0 Å². The summed E-state index contributed by atoms with van der Waals surface area (Å²) in [5.41, 5.74) is 17.1. The van der Waals surface area contributed by atoms with E-state index in [1.54, 1.807) is 0 Å². The van der Waals surface area contributed by atoms with E-state index in [2.05, 4.69) is 38.2 Å². The Balaban J connectivity index is 2.88. The lowest BCUT2D eigenvalue weighted by atomic mass is 10.0. The van der Waals surface area contributed by atoms with E-state index in [-0.39, 0.29) is 43.0 Å².